The van der Waals surface area contributed by atoms with Crippen molar-refractivity contribution < 1.29 is 9.59 Å². The standard InChI is InChI=1S/C21H30N4O3/c1-14(26)25-10-5-8-18(25)20-22-17-9-11-24(13-16(17)21(28)23-20)19(27)12-15-6-3-2-4-7-15/h15,18H,2-13H2,1H3,(H,22,23,28)/t18-/m1/s1. The first-order valence-corrected chi connectivity index (χ1v) is 10.7. The molecule has 2 fully saturated rings. The SMILES string of the molecule is CC(=O)N1CCC[C@@H]1c1nc2c(c(=O)[nH]1)CN(C(=O)CC1CCCCC1)CC2. The van der Waals surface area contributed by atoms with E-state index in [2.05, 4.69) is 4.98 Å². The van der Waals surface area contributed by atoms with Crippen LogP contribution in [0.3, 0.4) is 0 Å². The number of aromatic amines is 1. The zero-order chi connectivity index (χ0) is 19.7. The van der Waals surface area contributed by atoms with Crippen LogP contribution in [-0.4, -0.2) is 44.7 Å². The topological polar surface area (TPSA) is 86.4 Å². The number of nitrogens with one attached hydrogen (secondary N) is 1. The molecular formula is C21H30N4O3. The Morgan fingerprint density at radius 2 is 1.89 bits per heavy atom. The van der Waals surface area contributed by atoms with Crippen LogP contribution in [-0.2, 0) is 22.6 Å². The fourth-order valence-electron chi connectivity index (χ4n) is 5.01. The third-order valence-corrected chi connectivity index (χ3v) is 6.60. The van der Waals surface area contributed by atoms with E-state index >= 15 is 0 Å². The number of nitrogens with zero attached hydrogens (tertiary/aromatic N) is 3. The van der Waals surface area contributed by atoms with Gasteiger partial charge in [0.2, 0.25) is 11.8 Å². The summed E-state index contributed by atoms with van der Waals surface area (Å²) >= 11 is 0. The Hall–Kier alpha value is -2.18. The van der Waals surface area contributed by atoms with Gasteiger partial charge in [0.25, 0.3) is 5.56 Å². The zero-order valence-corrected chi connectivity index (χ0v) is 16.7. The van der Waals surface area contributed by atoms with Gasteiger partial charge in [0.15, 0.2) is 0 Å². The summed E-state index contributed by atoms with van der Waals surface area (Å²) in [6, 6.07) is -0.138. The molecule has 2 aliphatic heterocycles. The number of hydrogen-bond donors (Lipinski definition) is 1. The van der Waals surface area contributed by atoms with E-state index < -0.39 is 0 Å². The molecule has 0 aromatic carbocycles. The molecule has 1 aromatic rings. The minimum Gasteiger partial charge on any atom is -0.338 e. The van der Waals surface area contributed by atoms with Crippen molar-refractivity contribution in [2.45, 2.75) is 77.3 Å². The molecule has 0 unspecified atom stereocenters. The van der Waals surface area contributed by atoms with Gasteiger partial charge in [-0.3, -0.25) is 14.4 Å². The van der Waals surface area contributed by atoms with E-state index in [1.807, 2.05) is 4.90 Å². The Kier molecular flexibility index (Phi) is 5.51. The van der Waals surface area contributed by atoms with E-state index in [0.29, 0.717) is 49.8 Å². The van der Waals surface area contributed by atoms with Crippen molar-refractivity contribution in [1.29, 1.82) is 0 Å². The Balaban J connectivity index is 1.48. The normalized spacial score (nSPS) is 23.0. The Bertz CT molecular complexity index is 812. The van der Waals surface area contributed by atoms with Crippen LogP contribution in [0.1, 0.15) is 81.4 Å². The molecule has 1 N–H and O–H groups in total. The van der Waals surface area contributed by atoms with Crippen LogP contribution < -0.4 is 5.56 Å². The minimum atomic E-state index is -0.162. The molecule has 0 bridgehead atoms. The number of likely N-dealkylation sites (tertiary alicyclic amines) is 1. The average Bonchev–Trinajstić information content (AvgIpc) is 3.19. The third-order valence-electron chi connectivity index (χ3n) is 6.60. The van der Waals surface area contributed by atoms with Gasteiger partial charge >= 0.3 is 0 Å². The highest BCUT2D eigenvalue weighted by Gasteiger charge is 2.32. The second-order valence-electron chi connectivity index (χ2n) is 8.52. The summed E-state index contributed by atoms with van der Waals surface area (Å²) in [6.07, 6.45) is 9.00. The highest BCUT2D eigenvalue weighted by molar-refractivity contribution is 5.76. The lowest BCUT2D eigenvalue weighted by Crippen LogP contribution is -2.41. The van der Waals surface area contributed by atoms with Crippen LogP contribution >= 0.6 is 0 Å². The fraction of sp³-hybridized carbons (Fsp3) is 0.714. The quantitative estimate of drug-likeness (QED) is 0.864. The van der Waals surface area contributed by atoms with E-state index in [1.165, 1.54) is 19.3 Å². The highest BCUT2D eigenvalue weighted by atomic mass is 16.2. The number of amides is 2. The lowest BCUT2D eigenvalue weighted by atomic mass is 9.86. The van der Waals surface area contributed by atoms with Crippen LogP contribution in [0, 0.1) is 5.92 Å². The van der Waals surface area contributed by atoms with Crippen molar-refractivity contribution in [3.05, 3.63) is 27.4 Å². The maximum Gasteiger partial charge on any atom is 0.256 e. The first-order valence-electron chi connectivity index (χ1n) is 10.7. The molecule has 7 nitrogen and oxygen atoms in total. The third kappa shape index (κ3) is 3.84. The lowest BCUT2D eigenvalue weighted by Gasteiger charge is -2.31. The van der Waals surface area contributed by atoms with Crippen molar-refractivity contribution in [3.8, 4) is 0 Å². The van der Waals surface area contributed by atoms with Crippen LogP contribution in [0.2, 0.25) is 0 Å². The van der Waals surface area contributed by atoms with Crippen molar-refractivity contribution in [2.75, 3.05) is 13.1 Å². The number of fused-ring (bicyclic) bond motifs is 1. The summed E-state index contributed by atoms with van der Waals surface area (Å²) < 4.78 is 0. The van der Waals surface area contributed by atoms with Gasteiger partial charge in [-0.15, -0.1) is 0 Å². The Morgan fingerprint density at radius 1 is 1.11 bits per heavy atom. The van der Waals surface area contributed by atoms with Gasteiger partial charge in [-0.1, -0.05) is 19.3 Å². The highest BCUT2D eigenvalue weighted by Crippen LogP contribution is 2.31. The van der Waals surface area contributed by atoms with Crippen LogP contribution in [0.25, 0.3) is 0 Å². The number of carbonyl (C=O) groups is 2. The molecular weight excluding hydrogens is 356 g/mol. The Morgan fingerprint density at radius 3 is 2.64 bits per heavy atom. The predicted octanol–water partition coefficient (Wildman–Crippen LogP) is 2.31. The van der Waals surface area contributed by atoms with Gasteiger partial charge < -0.3 is 14.8 Å². The van der Waals surface area contributed by atoms with Crippen molar-refractivity contribution in [2.24, 2.45) is 5.92 Å². The van der Waals surface area contributed by atoms with Gasteiger partial charge in [-0.05, 0) is 31.6 Å². The second kappa shape index (κ2) is 8.05. The molecule has 1 aliphatic carbocycles. The zero-order valence-electron chi connectivity index (χ0n) is 16.7. The van der Waals surface area contributed by atoms with Crippen LogP contribution in [0.15, 0.2) is 4.79 Å². The molecule has 0 spiro atoms. The summed E-state index contributed by atoms with van der Waals surface area (Å²) in [5, 5.41) is 0. The second-order valence-corrected chi connectivity index (χ2v) is 8.52. The van der Waals surface area contributed by atoms with Crippen LogP contribution in [0.5, 0.6) is 0 Å². The maximum atomic E-state index is 12.7. The van der Waals surface area contributed by atoms with E-state index in [9.17, 15) is 14.4 Å². The summed E-state index contributed by atoms with van der Waals surface area (Å²) in [5.41, 5.74) is 1.24. The van der Waals surface area contributed by atoms with Gasteiger partial charge in [-0.2, -0.15) is 0 Å². The summed E-state index contributed by atoms with van der Waals surface area (Å²) in [7, 11) is 0. The lowest BCUT2D eigenvalue weighted by molar-refractivity contribution is -0.133. The number of H-pyrrole nitrogens is 1. The van der Waals surface area contributed by atoms with E-state index in [0.717, 1.165) is 31.4 Å². The molecule has 1 saturated carbocycles. The summed E-state index contributed by atoms with van der Waals surface area (Å²) in [6.45, 7) is 3.25. The fourth-order valence-corrected chi connectivity index (χ4v) is 5.01. The van der Waals surface area contributed by atoms with Gasteiger partial charge in [0, 0.05) is 32.9 Å². The molecule has 3 aliphatic rings. The average molecular weight is 386 g/mol. The molecule has 1 atom stereocenters. The molecule has 4 rings (SSSR count). The van der Waals surface area contributed by atoms with Gasteiger partial charge in [0.1, 0.15) is 5.82 Å². The molecule has 1 aromatic heterocycles. The molecule has 3 heterocycles. The first-order chi connectivity index (χ1) is 13.5. The minimum absolute atomic E-state index is 0.0161. The van der Waals surface area contributed by atoms with E-state index in [4.69, 9.17) is 4.98 Å². The first kappa shape index (κ1) is 19.2. The largest absolute Gasteiger partial charge is 0.338 e. The molecule has 152 valence electrons. The monoisotopic (exact) mass is 386 g/mol. The molecule has 28 heavy (non-hydrogen) atoms. The van der Waals surface area contributed by atoms with Crippen LogP contribution in [0.4, 0.5) is 0 Å². The molecule has 0 radical (unpaired) electrons. The Labute approximate surface area is 165 Å². The maximum absolute atomic E-state index is 12.7. The van der Waals surface area contributed by atoms with Gasteiger partial charge in [-0.25, -0.2) is 4.98 Å². The molecule has 1 saturated heterocycles. The summed E-state index contributed by atoms with van der Waals surface area (Å²) in [4.78, 5) is 48.5. The van der Waals surface area contributed by atoms with Gasteiger partial charge in [0.05, 0.1) is 23.8 Å². The predicted molar refractivity (Wildman–Crippen MR) is 105 cm³/mol. The van der Waals surface area contributed by atoms with E-state index in [-0.39, 0.29) is 23.4 Å². The smallest absolute Gasteiger partial charge is 0.256 e. The van der Waals surface area contributed by atoms with Crippen molar-refractivity contribution in [3.63, 3.8) is 0 Å². The van der Waals surface area contributed by atoms with Crippen molar-refractivity contribution >= 4 is 11.8 Å². The molecule has 7 heteroatoms. The summed E-state index contributed by atoms with van der Waals surface area (Å²) in [5.74, 6) is 1.28. The molecule has 2 amide bonds. The van der Waals surface area contributed by atoms with Crippen molar-refractivity contribution in [1.82, 2.24) is 19.8 Å². The number of carbonyl (C=O) groups excluding carboxylic acids is 2. The number of rotatable bonds is 3. The van der Waals surface area contributed by atoms with E-state index in [1.54, 1.807) is 11.8 Å². The number of aromatic nitrogens is 2. The number of hydrogen-bond acceptors (Lipinski definition) is 4.